The third kappa shape index (κ3) is 6.75. The van der Waals surface area contributed by atoms with E-state index in [2.05, 4.69) is 10.6 Å². The molecule has 0 aliphatic heterocycles. The molecule has 0 aliphatic rings. The van der Waals surface area contributed by atoms with Gasteiger partial charge in [-0.3, -0.25) is 0 Å². The Hall–Kier alpha value is -1.30. The van der Waals surface area contributed by atoms with Crippen molar-refractivity contribution in [3.8, 4) is 0 Å². The minimum atomic E-state index is -1.23. The number of urea groups is 1. The first-order valence-electron chi connectivity index (χ1n) is 6.95. The summed E-state index contributed by atoms with van der Waals surface area (Å²) in [5.74, 6) is -1.02. The van der Waals surface area contributed by atoms with Crippen LogP contribution < -0.4 is 10.6 Å². The molecule has 6 heteroatoms. The first kappa shape index (κ1) is 18.7. The minimum absolute atomic E-state index is 0.0995. The lowest BCUT2D eigenvalue weighted by Crippen LogP contribution is -2.56. The number of methoxy groups -OCH3 is 1. The highest BCUT2D eigenvalue weighted by Gasteiger charge is 2.34. The quantitative estimate of drug-likeness (QED) is 0.605. The van der Waals surface area contributed by atoms with Gasteiger partial charge in [0.1, 0.15) is 5.54 Å². The van der Waals surface area contributed by atoms with Crippen LogP contribution in [-0.2, 0) is 9.53 Å². The number of carbonyl (C=O) groups is 2. The van der Waals surface area contributed by atoms with E-state index in [1.807, 2.05) is 20.8 Å². The van der Waals surface area contributed by atoms with Crippen molar-refractivity contribution in [1.82, 2.24) is 10.6 Å². The van der Waals surface area contributed by atoms with Crippen LogP contribution in [0.5, 0.6) is 0 Å². The summed E-state index contributed by atoms with van der Waals surface area (Å²) in [6.07, 6.45) is 1.89. The summed E-state index contributed by atoms with van der Waals surface area (Å²) in [6, 6.07) is -0.450. The Balaban J connectivity index is 4.37. The van der Waals surface area contributed by atoms with Gasteiger partial charge in [0.05, 0.1) is 0 Å². The third-order valence-electron chi connectivity index (χ3n) is 3.32. The number of nitrogens with one attached hydrogen (secondary N) is 2. The summed E-state index contributed by atoms with van der Waals surface area (Å²) in [5, 5.41) is 14.5. The Kier molecular flexibility index (Phi) is 7.57. The van der Waals surface area contributed by atoms with E-state index in [1.165, 1.54) is 6.92 Å². The molecule has 1 atom stereocenters. The number of carboxylic acid groups (broad SMARTS) is 1. The van der Waals surface area contributed by atoms with Gasteiger partial charge in [-0.15, -0.1) is 0 Å². The molecule has 0 saturated carbocycles. The normalized spacial score (nSPS) is 14.4. The Labute approximate surface area is 121 Å². The van der Waals surface area contributed by atoms with Gasteiger partial charge in [-0.25, -0.2) is 9.59 Å². The van der Waals surface area contributed by atoms with E-state index in [0.29, 0.717) is 26.0 Å². The van der Waals surface area contributed by atoms with Gasteiger partial charge in [0, 0.05) is 20.3 Å². The van der Waals surface area contributed by atoms with Crippen molar-refractivity contribution in [3.63, 3.8) is 0 Å². The Morgan fingerprint density at radius 2 is 1.80 bits per heavy atom. The topological polar surface area (TPSA) is 87.7 Å². The summed E-state index contributed by atoms with van der Waals surface area (Å²) in [6.45, 7) is 8.54. The maximum atomic E-state index is 11.8. The average molecular weight is 288 g/mol. The molecule has 0 heterocycles. The van der Waals surface area contributed by atoms with Crippen molar-refractivity contribution in [2.75, 3.05) is 20.3 Å². The molecule has 2 amide bonds. The molecule has 118 valence electrons. The lowest BCUT2D eigenvalue weighted by molar-refractivity contribution is -0.144. The van der Waals surface area contributed by atoms with Crippen LogP contribution in [0.4, 0.5) is 4.79 Å². The highest BCUT2D eigenvalue weighted by Crippen LogP contribution is 2.19. The van der Waals surface area contributed by atoms with E-state index < -0.39 is 17.5 Å². The molecule has 0 spiro atoms. The summed E-state index contributed by atoms with van der Waals surface area (Å²) in [5.41, 5.74) is -1.33. The standard InChI is InChI=1S/C14H28N2O4/c1-6-7-14(4,11(17)18)16-12(19)15-10-13(2,3)8-9-20-5/h6-10H2,1-5H3,(H,17,18)(H2,15,16,19). The lowest BCUT2D eigenvalue weighted by Gasteiger charge is -2.28. The van der Waals surface area contributed by atoms with Crippen LogP contribution in [0.1, 0.15) is 47.0 Å². The van der Waals surface area contributed by atoms with E-state index in [4.69, 9.17) is 4.74 Å². The van der Waals surface area contributed by atoms with Crippen molar-refractivity contribution in [2.24, 2.45) is 5.41 Å². The molecule has 0 fully saturated rings. The summed E-state index contributed by atoms with van der Waals surface area (Å²) in [7, 11) is 1.64. The number of rotatable bonds is 9. The zero-order valence-electron chi connectivity index (χ0n) is 13.2. The zero-order chi connectivity index (χ0) is 15.8. The maximum absolute atomic E-state index is 11.8. The second-order valence-corrected chi connectivity index (χ2v) is 6.10. The summed E-state index contributed by atoms with van der Waals surface area (Å²) < 4.78 is 5.02. The second kappa shape index (κ2) is 8.09. The van der Waals surface area contributed by atoms with Crippen LogP contribution in [-0.4, -0.2) is 42.9 Å². The van der Waals surface area contributed by atoms with Crippen molar-refractivity contribution < 1.29 is 19.4 Å². The fourth-order valence-electron chi connectivity index (χ4n) is 1.80. The van der Waals surface area contributed by atoms with E-state index in [0.717, 1.165) is 6.42 Å². The molecule has 0 aromatic carbocycles. The Morgan fingerprint density at radius 3 is 2.25 bits per heavy atom. The van der Waals surface area contributed by atoms with Gasteiger partial charge >= 0.3 is 12.0 Å². The van der Waals surface area contributed by atoms with Crippen LogP contribution in [0.25, 0.3) is 0 Å². The Morgan fingerprint density at radius 1 is 1.20 bits per heavy atom. The van der Waals surface area contributed by atoms with Crippen LogP contribution in [0.3, 0.4) is 0 Å². The van der Waals surface area contributed by atoms with Gasteiger partial charge in [-0.1, -0.05) is 27.2 Å². The first-order valence-corrected chi connectivity index (χ1v) is 6.95. The van der Waals surface area contributed by atoms with Crippen molar-refractivity contribution >= 4 is 12.0 Å². The van der Waals surface area contributed by atoms with Gasteiger partial charge in [-0.2, -0.15) is 0 Å². The number of ether oxygens (including phenoxy) is 1. The van der Waals surface area contributed by atoms with Gasteiger partial charge in [0.25, 0.3) is 0 Å². The molecule has 0 rings (SSSR count). The van der Waals surface area contributed by atoms with Gasteiger partial charge < -0.3 is 20.5 Å². The van der Waals surface area contributed by atoms with E-state index in [1.54, 1.807) is 7.11 Å². The molecule has 20 heavy (non-hydrogen) atoms. The van der Waals surface area contributed by atoms with Crippen LogP contribution >= 0.6 is 0 Å². The monoisotopic (exact) mass is 288 g/mol. The van der Waals surface area contributed by atoms with Gasteiger partial charge in [-0.05, 0) is 25.2 Å². The van der Waals surface area contributed by atoms with Crippen LogP contribution in [0.15, 0.2) is 0 Å². The fraction of sp³-hybridized carbons (Fsp3) is 0.857. The second-order valence-electron chi connectivity index (χ2n) is 6.10. The first-order chi connectivity index (χ1) is 9.17. The van der Waals surface area contributed by atoms with Gasteiger partial charge in [0.2, 0.25) is 0 Å². The van der Waals surface area contributed by atoms with E-state index in [9.17, 15) is 14.7 Å². The van der Waals surface area contributed by atoms with Crippen molar-refractivity contribution in [1.29, 1.82) is 0 Å². The minimum Gasteiger partial charge on any atom is -0.480 e. The number of amides is 2. The summed E-state index contributed by atoms with van der Waals surface area (Å²) >= 11 is 0. The van der Waals surface area contributed by atoms with E-state index >= 15 is 0 Å². The smallest absolute Gasteiger partial charge is 0.329 e. The molecule has 0 aromatic heterocycles. The summed E-state index contributed by atoms with van der Waals surface area (Å²) in [4.78, 5) is 23.1. The van der Waals surface area contributed by atoms with Crippen LogP contribution in [0, 0.1) is 5.41 Å². The molecule has 0 bridgehead atoms. The molecule has 1 unspecified atom stereocenters. The SMILES string of the molecule is CCCC(C)(NC(=O)NCC(C)(C)CCOC)C(=O)O. The third-order valence-corrected chi connectivity index (χ3v) is 3.32. The highest BCUT2D eigenvalue weighted by atomic mass is 16.5. The largest absolute Gasteiger partial charge is 0.480 e. The molecule has 0 saturated heterocycles. The average Bonchev–Trinajstić information content (AvgIpc) is 2.34. The number of hydrogen-bond donors (Lipinski definition) is 3. The lowest BCUT2D eigenvalue weighted by atomic mass is 9.90. The molecular weight excluding hydrogens is 260 g/mol. The molecule has 0 radical (unpaired) electrons. The van der Waals surface area contributed by atoms with E-state index in [-0.39, 0.29) is 5.41 Å². The van der Waals surface area contributed by atoms with Gasteiger partial charge in [0.15, 0.2) is 0 Å². The predicted octanol–water partition coefficient (Wildman–Crippen LogP) is 1.99. The molecule has 3 N–H and O–H groups in total. The fourth-order valence-corrected chi connectivity index (χ4v) is 1.80. The Bertz CT molecular complexity index is 331. The number of hydrogen-bond acceptors (Lipinski definition) is 3. The number of carboxylic acids is 1. The molecule has 0 aromatic rings. The molecule has 6 nitrogen and oxygen atoms in total. The number of aliphatic carboxylic acids is 1. The van der Waals surface area contributed by atoms with Crippen molar-refractivity contribution in [3.05, 3.63) is 0 Å². The maximum Gasteiger partial charge on any atom is 0.329 e. The highest BCUT2D eigenvalue weighted by molar-refractivity contribution is 5.85. The zero-order valence-corrected chi connectivity index (χ0v) is 13.2. The predicted molar refractivity (Wildman–Crippen MR) is 77.8 cm³/mol. The molecule has 0 aliphatic carbocycles. The number of carbonyl (C=O) groups excluding carboxylic acids is 1. The van der Waals surface area contributed by atoms with Crippen LogP contribution in [0.2, 0.25) is 0 Å². The van der Waals surface area contributed by atoms with Crippen molar-refractivity contribution in [2.45, 2.75) is 52.5 Å². The molecular formula is C14H28N2O4.